The molecule has 0 bridgehead atoms. The Morgan fingerprint density at radius 2 is 2.11 bits per heavy atom. The molecule has 19 heavy (non-hydrogen) atoms. The summed E-state index contributed by atoms with van der Waals surface area (Å²) in [6, 6.07) is 9.47. The molecule has 1 N–H and O–H groups in total. The summed E-state index contributed by atoms with van der Waals surface area (Å²) in [5, 5.41) is 14.3. The van der Waals surface area contributed by atoms with Crippen LogP contribution in [0.4, 0.5) is 0 Å². The third kappa shape index (κ3) is 1.85. The number of fused-ring (bicyclic) bond motifs is 1. The second-order valence-electron chi connectivity index (χ2n) is 4.23. The van der Waals surface area contributed by atoms with Crippen LogP contribution in [0.2, 0.25) is 0 Å². The van der Waals surface area contributed by atoms with E-state index in [9.17, 15) is 4.79 Å². The second-order valence-corrected chi connectivity index (χ2v) is 4.23. The molecular weight excluding hydrogens is 242 g/mol. The van der Waals surface area contributed by atoms with Crippen LogP contribution in [0.3, 0.4) is 0 Å². The van der Waals surface area contributed by atoms with Crippen molar-refractivity contribution in [2.24, 2.45) is 0 Å². The highest BCUT2D eigenvalue weighted by Crippen LogP contribution is 2.21. The number of carboxylic acid groups (broad SMARTS) is 1. The lowest BCUT2D eigenvalue weighted by molar-refractivity contribution is 0.0696. The lowest BCUT2D eigenvalue weighted by atomic mass is 10.2. The summed E-state index contributed by atoms with van der Waals surface area (Å²) >= 11 is 0. The fourth-order valence-corrected chi connectivity index (χ4v) is 2.08. The first-order valence-corrected chi connectivity index (χ1v) is 5.80. The van der Waals surface area contributed by atoms with Gasteiger partial charge in [-0.15, -0.1) is 0 Å². The lowest BCUT2D eigenvalue weighted by Gasteiger charge is -2.05. The largest absolute Gasteiger partial charge is 0.478 e. The Hall–Kier alpha value is -2.69. The van der Waals surface area contributed by atoms with Gasteiger partial charge in [0.25, 0.3) is 0 Å². The van der Waals surface area contributed by atoms with Crippen LogP contribution in [-0.2, 0) is 0 Å². The van der Waals surface area contributed by atoms with E-state index in [1.54, 1.807) is 17.8 Å². The molecular formula is C14H11N3O2. The molecule has 0 fully saturated rings. The number of pyridine rings is 1. The van der Waals surface area contributed by atoms with Crippen LogP contribution >= 0.6 is 0 Å². The van der Waals surface area contributed by atoms with Gasteiger partial charge in [0, 0.05) is 17.8 Å². The fraction of sp³-hybridized carbons (Fsp3) is 0.0714. The summed E-state index contributed by atoms with van der Waals surface area (Å²) < 4.78 is 1.59. The van der Waals surface area contributed by atoms with Crippen molar-refractivity contribution in [3.8, 4) is 5.69 Å². The number of hydrogen-bond donors (Lipinski definition) is 1. The zero-order chi connectivity index (χ0) is 13.4. The average Bonchev–Trinajstić information content (AvgIpc) is 2.80. The number of rotatable bonds is 2. The van der Waals surface area contributed by atoms with Crippen LogP contribution in [0.25, 0.3) is 16.6 Å². The molecule has 5 heteroatoms. The smallest absolute Gasteiger partial charge is 0.339 e. The van der Waals surface area contributed by atoms with Gasteiger partial charge in [-0.25, -0.2) is 9.48 Å². The van der Waals surface area contributed by atoms with Crippen molar-refractivity contribution in [1.82, 2.24) is 14.8 Å². The number of nitrogens with zero attached hydrogens (tertiary/aromatic N) is 3. The molecule has 0 radical (unpaired) electrons. The van der Waals surface area contributed by atoms with Gasteiger partial charge in [-0.3, -0.25) is 4.98 Å². The Morgan fingerprint density at radius 3 is 2.84 bits per heavy atom. The van der Waals surface area contributed by atoms with Gasteiger partial charge in [0.15, 0.2) is 0 Å². The molecule has 0 amide bonds. The minimum atomic E-state index is -0.970. The fourth-order valence-electron chi connectivity index (χ4n) is 2.08. The van der Waals surface area contributed by atoms with Crippen molar-refractivity contribution >= 4 is 16.9 Å². The first kappa shape index (κ1) is 11.4. The van der Waals surface area contributed by atoms with Gasteiger partial charge in [-0.1, -0.05) is 6.07 Å². The van der Waals surface area contributed by atoms with Gasteiger partial charge in [-0.2, -0.15) is 5.10 Å². The average molecular weight is 253 g/mol. The van der Waals surface area contributed by atoms with Crippen molar-refractivity contribution in [2.45, 2.75) is 6.92 Å². The molecule has 94 valence electrons. The standard InChI is InChI=1S/C14H11N3O2/c1-9-11(14(18)19)8-17(16-9)13-6-2-5-12-10(13)4-3-7-15-12/h2-8H,1H3,(H,18,19). The number of carboxylic acids is 1. The lowest BCUT2D eigenvalue weighted by Crippen LogP contribution is -1.97. The minimum absolute atomic E-state index is 0.209. The minimum Gasteiger partial charge on any atom is -0.478 e. The molecule has 0 unspecified atom stereocenters. The highest BCUT2D eigenvalue weighted by molar-refractivity contribution is 5.90. The van der Waals surface area contributed by atoms with E-state index in [2.05, 4.69) is 10.1 Å². The molecule has 3 rings (SSSR count). The highest BCUT2D eigenvalue weighted by atomic mass is 16.4. The molecule has 0 saturated carbocycles. The number of aryl methyl sites for hydroxylation is 1. The Morgan fingerprint density at radius 1 is 1.26 bits per heavy atom. The summed E-state index contributed by atoms with van der Waals surface area (Å²) in [5.74, 6) is -0.970. The number of benzene rings is 1. The van der Waals surface area contributed by atoms with E-state index in [0.29, 0.717) is 5.69 Å². The SMILES string of the molecule is Cc1nn(-c2cccc3ncccc23)cc1C(=O)O. The van der Waals surface area contributed by atoms with Crippen molar-refractivity contribution < 1.29 is 9.90 Å². The van der Waals surface area contributed by atoms with Crippen molar-refractivity contribution in [2.75, 3.05) is 0 Å². The summed E-state index contributed by atoms with van der Waals surface area (Å²) in [6.45, 7) is 1.68. The van der Waals surface area contributed by atoms with Gasteiger partial charge < -0.3 is 5.11 Å². The summed E-state index contributed by atoms with van der Waals surface area (Å²) in [6.07, 6.45) is 3.25. The first-order valence-electron chi connectivity index (χ1n) is 5.80. The molecule has 1 aromatic carbocycles. The Bertz CT molecular complexity index is 772. The maximum Gasteiger partial charge on any atom is 0.339 e. The van der Waals surface area contributed by atoms with Crippen LogP contribution in [0.1, 0.15) is 16.1 Å². The van der Waals surface area contributed by atoms with E-state index in [-0.39, 0.29) is 5.56 Å². The predicted molar refractivity (Wildman–Crippen MR) is 70.6 cm³/mol. The van der Waals surface area contributed by atoms with Crippen LogP contribution < -0.4 is 0 Å². The van der Waals surface area contributed by atoms with Gasteiger partial charge in [0.1, 0.15) is 5.56 Å². The van der Waals surface area contributed by atoms with Crippen LogP contribution in [0.15, 0.2) is 42.7 Å². The van der Waals surface area contributed by atoms with Crippen LogP contribution in [0.5, 0.6) is 0 Å². The van der Waals surface area contributed by atoms with E-state index in [1.807, 2.05) is 30.3 Å². The maximum absolute atomic E-state index is 11.1. The number of aromatic nitrogens is 3. The first-order chi connectivity index (χ1) is 9.16. The van der Waals surface area contributed by atoms with Crippen molar-refractivity contribution in [3.63, 3.8) is 0 Å². The molecule has 2 aromatic heterocycles. The van der Waals surface area contributed by atoms with E-state index in [4.69, 9.17) is 5.11 Å². The molecule has 2 heterocycles. The second kappa shape index (κ2) is 4.20. The number of aromatic carboxylic acids is 1. The predicted octanol–water partition coefficient (Wildman–Crippen LogP) is 2.43. The van der Waals surface area contributed by atoms with Crippen LogP contribution in [-0.4, -0.2) is 25.8 Å². The number of carbonyl (C=O) groups is 1. The number of hydrogen-bond acceptors (Lipinski definition) is 3. The third-order valence-corrected chi connectivity index (χ3v) is 3.00. The van der Waals surface area contributed by atoms with E-state index in [1.165, 1.54) is 6.20 Å². The third-order valence-electron chi connectivity index (χ3n) is 3.00. The highest BCUT2D eigenvalue weighted by Gasteiger charge is 2.13. The van der Waals surface area contributed by atoms with E-state index < -0.39 is 5.97 Å². The van der Waals surface area contributed by atoms with E-state index >= 15 is 0 Å². The molecule has 0 saturated heterocycles. The summed E-state index contributed by atoms with van der Waals surface area (Å²) in [7, 11) is 0. The van der Waals surface area contributed by atoms with Gasteiger partial charge >= 0.3 is 5.97 Å². The van der Waals surface area contributed by atoms with Crippen molar-refractivity contribution in [3.05, 3.63) is 54.0 Å². The molecule has 0 aliphatic heterocycles. The van der Waals surface area contributed by atoms with Gasteiger partial charge in [-0.05, 0) is 31.2 Å². The van der Waals surface area contributed by atoms with Crippen LogP contribution in [0, 0.1) is 6.92 Å². The quantitative estimate of drug-likeness (QED) is 0.761. The molecule has 5 nitrogen and oxygen atoms in total. The topological polar surface area (TPSA) is 68.0 Å². The maximum atomic E-state index is 11.1. The van der Waals surface area contributed by atoms with Crippen molar-refractivity contribution in [1.29, 1.82) is 0 Å². The molecule has 3 aromatic rings. The monoisotopic (exact) mass is 253 g/mol. The summed E-state index contributed by atoms with van der Waals surface area (Å²) in [5.41, 5.74) is 2.38. The van der Waals surface area contributed by atoms with E-state index in [0.717, 1.165) is 16.6 Å². The zero-order valence-corrected chi connectivity index (χ0v) is 10.2. The van der Waals surface area contributed by atoms with Gasteiger partial charge in [0.2, 0.25) is 0 Å². The zero-order valence-electron chi connectivity index (χ0n) is 10.2. The molecule has 0 aliphatic rings. The Labute approximate surface area is 109 Å². The Kier molecular flexibility index (Phi) is 2.52. The molecule has 0 spiro atoms. The Balaban J connectivity index is 2.25. The molecule has 0 aliphatic carbocycles. The summed E-state index contributed by atoms with van der Waals surface area (Å²) in [4.78, 5) is 15.3. The molecule has 0 atom stereocenters. The van der Waals surface area contributed by atoms with Gasteiger partial charge in [0.05, 0.1) is 16.9 Å². The normalized spacial score (nSPS) is 10.8.